The minimum atomic E-state index is 0.338. The lowest BCUT2D eigenvalue weighted by atomic mass is 9.94. The number of likely N-dealkylation sites (tertiary alicyclic amines) is 1. The van der Waals surface area contributed by atoms with Gasteiger partial charge in [0.05, 0.1) is 5.84 Å². The number of rotatable bonds is 3. The standard InChI is InChI=1S/C11H21N3/c12-10(13)4-9-14-8-3-7-11(14)5-1-2-6-11/h1-9H2,(H3,12,13). The molecule has 0 bridgehead atoms. The Bertz CT molecular complexity index is 213. The fourth-order valence-electron chi connectivity index (χ4n) is 3.20. The second kappa shape index (κ2) is 3.89. The first-order chi connectivity index (χ1) is 6.73. The third-order valence-electron chi connectivity index (χ3n) is 3.93. The topological polar surface area (TPSA) is 53.1 Å². The number of hydrogen-bond acceptors (Lipinski definition) is 2. The van der Waals surface area contributed by atoms with Gasteiger partial charge in [0.25, 0.3) is 0 Å². The maximum absolute atomic E-state index is 7.27. The Labute approximate surface area is 86.2 Å². The van der Waals surface area contributed by atoms with Crippen LogP contribution in [-0.2, 0) is 0 Å². The van der Waals surface area contributed by atoms with Crippen LogP contribution in [0.25, 0.3) is 0 Å². The SMILES string of the molecule is N=C(N)CCN1CCCC12CCCC2. The van der Waals surface area contributed by atoms with Crippen molar-refractivity contribution in [3.8, 4) is 0 Å². The van der Waals surface area contributed by atoms with Crippen molar-refractivity contribution in [2.75, 3.05) is 13.1 Å². The quantitative estimate of drug-likeness (QED) is 0.532. The third-order valence-corrected chi connectivity index (χ3v) is 3.93. The van der Waals surface area contributed by atoms with Crippen molar-refractivity contribution in [3.05, 3.63) is 0 Å². The summed E-state index contributed by atoms with van der Waals surface area (Å²) in [5.41, 5.74) is 5.94. The van der Waals surface area contributed by atoms with Crippen LogP contribution >= 0.6 is 0 Å². The van der Waals surface area contributed by atoms with E-state index >= 15 is 0 Å². The Hall–Kier alpha value is -0.570. The largest absolute Gasteiger partial charge is 0.388 e. The summed E-state index contributed by atoms with van der Waals surface area (Å²) < 4.78 is 0. The molecule has 3 nitrogen and oxygen atoms in total. The van der Waals surface area contributed by atoms with E-state index in [1.54, 1.807) is 0 Å². The molecule has 0 atom stereocenters. The van der Waals surface area contributed by atoms with Crippen molar-refractivity contribution in [2.24, 2.45) is 5.73 Å². The van der Waals surface area contributed by atoms with E-state index in [1.807, 2.05) is 0 Å². The second-order valence-corrected chi connectivity index (χ2v) is 4.80. The van der Waals surface area contributed by atoms with Gasteiger partial charge in [-0.25, -0.2) is 0 Å². The fourth-order valence-corrected chi connectivity index (χ4v) is 3.20. The van der Waals surface area contributed by atoms with Crippen LogP contribution in [0.2, 0.25) is 0 Å². The van der Waals surface area contributed by atoms with Gasteiger partial charge in [-0.15, -0.1) is 0 Å². The van der Waals surface area contributed by atoms with Crippen LogP contribution in [0.5, 0.6) is 0 Å². The van der Waals surface area contributed by atoms with E-state index in [4.69, 9.17) is 11.1 Å². The zero-order valence-corrected chi connectivity index (χ0v) is 8.89. The molecule has 14 heavy (non-hydrogen) atoms. The van der Waals surface area contributed by atoms with E-state index < -0.39 is 0 Å². The molecule has 2 fully saturated rings. The minimum absolute atomic E-state index is 0.338. The summed E-state index contributed by atoms with van der Waals surface area (Å²) in [7, 11) is 0. The summed E-state index contributed by atoms with van der Waals surface area (Å²) in [4.78, 5) is 2.60. The lowest BCUT2D eigenvalue weighted by Crippen LogP contribution is -2.42. The Kier molecular flexibility index (Phi) is 2.77. The first-order valence-electron chi connectivity index (χ1n) is 5.81. The van der Waals surface area contributed by atoms with E-state index in [-0.39, 0.29) is 0 Å². The Balaban J connectivity index is 1.93. The first kappa shape index (κ1) is 9.97. The summed E-state index contributed by atoms with van der Waals surface area (Å²) in [5.74, 6) is 0.338. The van der Waals surface area contributed by atoms with Gasteiger partial charge < -0.3 is 5.73 Å². The molecule has 2 rings (SSSR count). The number of nitrogens with two attached hydrogens (primary N) is 1. The molecule has 1 spiro atoms. The molecular formula is C11H21N3. The van der Waals surface area contributed by atoms with Crippen LogP contribution in [0.3, 0.4) is 0 Å². The van der Waals surface area contributed by atoms with Crippen LogP contribution in [0.4, 0.5) is 0 Å². The highest BCUT2D eigenvalue weighted by Gasteiger charge is 2.42. The summed E-state index contributed by atoms with van der Waals surface area (Å²) >= 11 is 0. The van der Waals surface area contributed by atoms with E-state index in [1.165, 1.54) is 45.1 Å². The van der Waals surface area contributed by atoms with Gasteiger partial charge in [-0.2, -0.15) is 0 Å². The molecule has 0 radical (unpaired) electrons. The van der Waals surface area contributed by atoms with Crippen LogP contribution in [0.15, 0.2) is 0 Å². The van der Waals surface area contributed by atoms with E-state index in [2.05, 4.69) is 4.90 Å². The van der Waals surface area contributed by atoms with Crippen molar-refractivity contribution in [2.45, 2.75) is 50.5 Å². The highest BCUT2D eigenvalue weighted by molar-refractivity contribution is 5.76. The average Bonchev–Trinajstić information content (AvgIpc) is 2.74. The van der Waals surface area contributed by atoms with Gasteiger partial charge in [0.15, 0.2) is 0 Å². The third kappa shape index (κ3) is 1.78. The Morgan fingerprint density at radius 1 is 1.21 bits per heavy atom. The molecular weight excluding hydrogens is 174 g/mol. The number of nitrogens with one attached hydrogen (secondary N) is 1. The van der Waals surface area contributed by atoms with Crippen LogP contribution in [0, 0.1) is 5.41 Å². The highest BCUT2D eigenvalue weighted by atomic mass is 15.2. The van der Waals surface area contributed by atoms with Gasteiger partial charge in [0.1, 0.15) is 0 Å². The van der Waals surface area contributed by atoms with E-state index in [0.717, 1.165) is 13.0 Å². The lowest BCUT2D eigenvalue weighted by molar-refractivity contribution is 0.147. The van der Waals surface area contributed by atoms with Crippen molar-refractivity contribution in [3.63, 3.8) is 0 Å². The van der Waals surface area contributed by atoms with Crippen molar-refractivity contribution in [1.82, 2.24) is 4.90 Å². The summed E-state index contributed by atoms with van der Waals surface area (Å²) in [6, 6.07) is 0. The minimum Gasteiger partial charge on any atom is -0.388 e. The predicted molar refractivity (Wildman–Crippen MR) is 58.5 cm³/mol. The van der Waals surface area contributed by atoms with Crippen molar-refractivity contribution >= 4 is 5.84 Å². The van der Waals surface area contributed by atoms with E-state index in [0.29, 0.717) is 11.4 Å². The zero-order chi connectivity index (χ0) is 10.0. The van der Waals surface area contributed by atoms with Crippen molar-refractivity contribution in [1.29, 1.82) is 5.41 Å². The molecule has 0 aromatic heterocycles. The molecule has 1 heterocycles. The molecule has 80 valence electrons. The zero-order valence-electron chi connectivity index (χ0n) is 8.89. The Morgan fingerprint density at radius 3 is 2.50 bits per heavy atom. The monoisotopic (exact) mass is 195 g/mol. The molecule has 3 N–H and O–H groups in total. The van der Waals surface area contributed by atoms with E-state index in [9.17, 15) is 0 Å². The summed E-state index contributed by atoms with van der Waals surface area (Å²) in [6.07, 6.45) is 9.04. The van der Waals surface area contributed by atoms with Crippen molar-refractivity contribution < 1.29 is 0 Å². The molecule has 1 aliphatic carbocycles. The van der Waals surface area contributed by atoms with Crippen LogP contribution in [-0.4, -0.2) is 29.4 Å². The highest BCUT2D eigenvalue weighted by Crippen LogP contribution is 2.42. The molecule has 0 unspecified atom stereocenters. The maximum atomic E-state index is 7.27. The van der Waals surface area contributed by atoms with Gasteiger partial charge >= 0.3 is 0 Å². The molecule has 0 aromatic rings. The maximum Gasteiger partial charge on any atom is 0.0918 e. The van der Waals surface area contributed by atoms with Gasteiger partial charge in [-0.05, 0) is 32.2 Å². The number of hydrogen-bond donors (Lipinski definition) is 2. The van der Waals surface area contributed by atoms with Gasteiger partial charge in [-0.3, -0.25) is 10.3 Å². The molecule has 0 aromatic carbocycles. The molecule has 1 aliphatic heterocycles. The molecule has 0 amide bonds. The smallest absolute Gasteiger partial charge is 0.0918 e. The summed E-state index contributed by atoms with van der Waals surface area (Å²) in [5, 5.41) is 7.27. The summed E-state index contributed by atoms with van der Waals surface area (Å²) in [6.45, 7) is 2.24. The number of nitrogens with zero attached hydrogens (tertiary/aromatic N) is 1. The molecule has 1 saturated carbocycles. The first-order valence-corrected chi connectivity index (χ1v) is 5.81. The van der Waals surface area contributed by atoms with Gasteiger partial charge in [0.2, 0.25) is 0 Å². The molecule has 1 saturated heterocycles. The van der Waals surface area contributed by atoms with Gasteiger partial charge in [0, 0.05) is 18.5 Å². The van der Waals surface area contributed by atoms with Crippen LogP contribution in [0.1, 0.15) is 44.9 Å². The fraction of sp³-hybridized carbons (Fsp3) is 0.909. The number of amidine groups is 1. The molecule has 3 heteroatoms. The molecule has 2 aliphatic rings. The predicted octanol–water partition coefficient (Wildman–Crippen LogP) is 1.72. The normalized spacial score (nSPS) is 26.0. The lowest BCUT2D eigenvalue weighted by Gasteiger charge is -2.35. The van der Waals surface area contributed by atoms with Gasteiger partial charge in [-0.1, -0.05) is 12.8 Å². The second-order valence-electron chi connectivity index (χ2n) is 4.80. The average molecular weight is 195 g/mol. The Morgan fingerprint density at radius 2 is 1.86 bits per heavy atom. The van der Waals surface area contributed by atoms with Crippen LogP contribution < -0.4 is 5.73 Å².